The van der Waals surface area contributed by atoms with Gasteiger partial charge in [0.25, 0.3) is 0 Å². The smallest absolute Gasteiger partial charge is 0.0739 e. The van der Waals surface area contributed by atoms with Crippen molar-refractivity contribution in [3.05, 3.63) is 51.8 Å². The number of rotatable bonds is 5. The van der Waals surface area contributed by atoms with Crippen LogP contribution in [0, 0.1) is 6.92 Å². The van der Waals surface area contributed by atoms with E-state index >= 15 is 0 Å². The summed E-state index contributed by atoms with van der Waals surface area (Å²) in [5, 5.41) is 7.72. The van der Waals surface area contributed by atoms with Gasteiger partial charge in [0.2, 0.25) is 0 Å². The van der Waals surface area contributed by atoms with Gasteiger partial charge < -0.3 is 5.32 Å². The van der Waals surface area contributed by atoms with E-state index in [1.165, 1.54) is 0 Å². The summed E-state index contributed by atoms with van der Waals surface area (Å²) >= 11 is 9.92. The molecule has 1 aromatic heterocycles. The minimum atomic E-state index is -0.0192. The molecule has 102 valence electrons. The molecule has 2 rings (SSSR count). The monoisotopic (exact) mass is 341 g/mol. The Morgan fingerprint density at radius 3 is 2.63 bits per heavy atom. The average molecular weight is 343 g/mol. The second-order valence-corrected chi connectivity index (χ2v) is 5.80. The number of hydrogen-bond donors (Lipinski definition) is 1. The molecular weight excluding hydrogens is 326 g/mol. The highest BCUT2D eigenvalue weighted by molar-refractivity contribution is 9.10. The summed E-state index contributed by atoms with van der Waals surface area (Å²) in [6.07, 6.45) is 0. The molecule has 0 bridgehead atoms. The van der Waals surface area contributed by atoms with Crippen LogP contribution in [-0.2, 0) is 13.6 Å². The molecule has 0 fully saturated rings. The molecule has 2 aromatic rings. The SMILES string of the molecule is Cc1nn(C)c(CNCC(Cl)c2ccccc2)c1Br. The molecule has 1 N–H and O–H groups in total. The van der Waals surface area contributed by atoms with E-state index < -0.39 is 0 Å². The number of halogens is 2. The highest BCUT2D eigenvalue weighted by Crippen LogP contribution is 2.21. The Kier molecular flexibility index (Phi) is 5.02. The molecule has 1 aromatic carbocycles. The fourth-order valence-corrected chi connectivity index (χ4v) is 2.70. The molecule has 3 nitrogen and oxygen atoms in total. The van der Waals surface area contributed by atoms with Crippen LogP contribution in [0.4, 0.5) is 0 Å². The van der Waals surface area contributed by atoms with Crippen LogP contribution in [0.1, 0.15) is 22.3 Å². The van der Waals surface area contributed by atoms with Crippen LogP contribution < -0.4 is 5.32 Å². The van der Waals surface area contributed by atoms with Gasteiger partial charge >= 0.3 is 0 Å². The van der Waals surface area contributed by atoms with E-state index in [-0.39, 0.29) is 5.38 Å². The predicted octanol–water partition coefficient (Wildman–Crippen LogP) is 3.56. The quantitative estimate of drug-likeness (QED) is 0.842. The van der Waals surface area contributed by atoms with Gasteiger partial charge in [0, 0.05) is 20.1 Å². The first-order chi connectivity index (χ1) is 9.09. The molecule has 19 heavy (non-hydrogen) atoms. The van der Waals surface area contributed by atoms with Gasteiger partial charge in [-0.05, 0) is 28.4 Å². The fourth-order valence-electron chi connectivity index (χ4n) is 1.97. The fraction of sp³-hybridized carbons (Fsp3) is 0.357. The molecule has 0 aliphatic carbocycles. The lowest BCUT2D eigenvalue weighted by molar-refractivity contribution is 0.617. The minimum Gasteiger partial charge on any atom is -0.309 e. The molecule has 1 unspecified atom stereocenters. The molecule has 0 aliphatic rings. The van der Waals surface area contributed by atoms with Crippen molar-refractivity contribution in [2.24, 2.45) is 7.05 Å². The summed E-state index contributed by atoms with van der Waals surface area (Å²) in [6.45, 7) is 3.46. The lowest BCUT2D eigenvalue weighted by atomic mass is 10.1. The Balaban J connectivity index is 1.90. The van der Waals surface area contributed by atoms with E-state index in [1.54, 1.807) is 0 Å². The van der Waals surface area contributed by atoms with Gasteiger partial charge in [0.05, 0.1) is 21.2 Å². The van der Waals surface area contributed by atoms with Gasteiger partial charge in [0.15, 0.2) is 0 Å². The Morgan fingerprint density at radius 2 is 2.05 bits per heavy atom. The Hall–Kier alpha value is -0.840. The van der Waals surface area contributed by atoms with Gasteiger partial charge in [-0.2, -0.15) is 5.10 Å². The Labute approximate surface area is 127 Å². The number of benzene rings is 1. The first-order valence-electron chi connectivity index (χ1n) is 6.17. The lowest BCUT2D eigenvalue weighted by Crippen LogP contribution is -2.20. The molecular formula is C14H17BrClN3. The van der Waals surface area contributed by atoms with Crippen LogP contribution in [0.15, 0.2) is 34.8 Å². The maximum atomic E-state index is 6.36. The molecule has 0 radical (unpaired) electrons. The van der Waals surface area contributed by atoms with Crippen LogP contribution in [-0.4, -0.2) is 16.3 Å². The number of nitrogens with zero attached hydrogens (tertiary/aromatic N) is 2. The molecule has 1 heterocycles. The molecule has 0 spiro atoms. The van der Waals surface area contributed by atoms with Crippen LogP contribution >= 0.6 is 27.5 Å². The summed E-state index contributed by atoms with van der Waals surface area (Å²) in [6, 6.07) is 10.1. The van der Waals surface area contributed by atoms with Gasteiger partial charge in [-0.25, -0.2) is 0 Å². The van der Waals surface area contributed by atoms with E-state index in [9.17, 15) is 0 Å². The molecule has 0 aliphatic heterocycles. The van der Waals surface area contributed by atoms with Crippen molar-refractivity contribution in [3.63, 3.8) is 0 Å². The van der Waals surface area contributed by atoms with Crippen LogP contribution in [0.5, 0.6) is 0 Å². The zero-order valence-corrected chi connectivity index (χ0v) is 13.4. The molecule has 1 atom stereocenters. The summed E-state index contributed by atoms with van der Waals surface area (Å²) in [7, 11) is 1.95. The van der Waals surface area contributed by atoms with E-state index in [1.807, 2.05) is 49.0 Å². The normalized spacial score (nSPS) is 12.6. The molecule has 0 amide bonds. The lowest BCUT2D eigenvalue weighted by Gasteiger charge is -2.11. The standard InChI is InChI=1S/C14H17BrClN3/c1-10-14(15)13(19(2)18-10)9-17-8-12(16)11-6-4-3-5-7-11/h3-7,12,17H,8-9H2,1-2H3. The number of alkyl halides is 1. The van der Waals surface area contributed by atoms with Crippen molar-refractivity contribution in [3.8, 4) is 0 Å². The summed E-state index contributed by atoms with van der Waals surface area (Å²) in [5.41, 5.74) is 3.27. The van der Waals surface area contributed by atoms with Crippen molar-refractivity contribution >= 4 is 27.5 Å². The van der Waals surface area contributed by atoms with Crippen molar-refractivity contribution in [2.75, 3.05) is 6.54 Å². The minimum absolute atomic E-state index is 0.0192. The predicted molar refractivity (Wildman–Crippen MR) is 82.4 cm³/mol. The second kappa shape index (κ2) is 6.55. The van der Waals surface area contributed by atoms with Crippen molar-refractivity contribution in [2.45, 2.75) is 18.8 Å². The summed E-state index contributed by atoms with van der Waals surface area (Å²) in [4.78, 5) is 0. The van der Waals surface area contributed by atoms with E-state index in [0.29, 0.717) is 0 Å². The maximum absolute atomic E-state index is 6.36. The third-order valence-electron chi connectivity index (χ3n) is 3.04. The number of aromatic nitrogens is 2. The zero-order chi connectivity index (χ0) is 13.8. The summed E-state index contributed by atoms with van der Waals surface area (Å²) < 4.78 is 2.95. The van der Waals surface area contributed by atoms with E-state index in [2.05, 4.69) is 26.3 Å². The van der Waals surface area contributed by atoms with Gasteiger partial charge in [-0.3, -0.25) is 4.68 Å². The van der Waals surface area contributed by atoms with Crippen LogP contribution in [0.2, 0.25) is 0 Å². The highest BCUT2D eigenvalue weighted by atomic mass is 79.9. The van der Waals surface area contributed by atoms with Crippen LogP contribution in [0.3, 0.4) is 0 Å². The Morgan fingerprint density at radius 1 is 1.37 bits per heavy atom. The topological polar surface area (TPSA) is 29.9 Å². The van der Waals surface area contributed by atoms with Gasteiger partial charge in [0.1, 0.15) is 0 Å². The first kappa shape index (κ1) is 14.6. The van der Waals surface area contributed by atoms with Crippen molar-refractivity contribution < 1.29 is 0 Å². The average Bonchev–Trinajstić information content (AvgIpc) is 2.66. The van der Waals surface area contributed by atoms with Gasteiger partial charge in [-0.15, -0.1) is 11.6 Å². The number of aryl methyl sites for hydroxylation is 2. The van der Waals surface area contributed by atoms with Gasteiger partial charge in [-0.1, -0.05) is 30.3 Å². The number of hydrogen-bond acceptors (Lipinski definition) is 2. The van der Waals surface area contributed by atoms with Crippen molar-refractivity contribution in [1.29, 1.82) is 0 Å². The third-order valence-corrected chi connectivity index (χ3v) is 4.48. The zero-order valence-electron chi connectivity index (χ0n) is 11.0. The van der Waals surface area contributed by atoms with Crippen LogP contribution in [0.25, 0.3) is 0 Å². The molecule has 5 heteroatoms. The molecule has 0 saturated heterocycles. The second-order valence-electron chi connectivity index (χ2n) is 4.48. The number of nitrogens with one attached hydrogen (secondary N) is 1. The van der Waals surface area contributed by atoms with E-state index in [0.717, 1.165) is 34.5 Å². The third kappa shape index (κ3) is 3.59. The maximum Gasteiger partial charge on any atom is 0.0739 e. The summed E-state index contributed by atoms with van der Waals surface area (Å²) in [5.74, 6) is 0. The Bertz CT molecular complexity index is 539. The highest BCUT2D eigenvalue weighted by Gasteiger charge is 2.11. The largest absolute Gasteiger partial charge is 0.309 e. The van der Waals surface area contributed by atoms with E-state index in [4.69, 9.17) is 11.6 Å². The first-order valence-corrected chi connectivity index (χ1v) is 7.40. The molecule has 0 saturated carbocycles. The van der Waals surface area contributed by atoms with Crippen molar-refractivity contribution in [1.82, 2.24) is 15.1 Å².